The zero-order valence-corrected chi connectivity index (χ0v) is 22.2. The van der Waals surface area contributed by atoms with E-state index < -0.39 is 10.9 Å². The molecule has 7 atom stereocenters. The second kappa shape index (κ2) is 9.32. The molecule has 2 N–H and O–H groups in total. The summed E-state index contributed by atoms with van der Waals surface area (Å²) in [4.78, 5) is 54.4. The molecule has 3 heterocycles. The highest BCUT2D eigenvalue weighted by Crippen LogP contribution is 2.68. The predicted octanol–water partition coefficient (Wildman–Crippen LogP) is 4.83. The first kappa shape index (κ1) is 24.7. The minimum absolute atomic E-state index is 0.0379. The molecule has 9 nitrogen and oxygen atoms in total. The molecule has 37 heavy (non-hydrogen) atoms. The lowest BCUT2D eigenvalue weighted by Crippen LogP contribution is -2.42. The Balaban J connectivity index is 1.29. The van der Waals surface area contributed by atoms with E-state index >= 15 is 0 Å². The van der Waals surface area contributed by atoms with Crippen LogP contribution in [0.4, 0.5) is 5.69 Å². The standard InChI is InChI=1S/C25H25N3O6S3/c29-15(30)4-2-1-3-9-27-23(31)18-13-10-14(19(18)24(27)32)20-17(13)16(21-22(36-20)26-25(35)37-21)11-5-7-12(8-6-11)28(33)34/h5-8,13-14,16-20H,1-4,9-10H2,(H,26,35)(H,29,30)/t13-,14-,16-,17-,18+,19-,20-/m1/s1. The van der Waals surface area contributed by atoms with Crippen LogP contribution >= 0.6 is 35.3 Å². The number of benzene rings is 1. The number of carbonyl (C=O) groups excluding carboxylic acids is 2. The lowest BCUT2D eigenvalue weighted by Gasteiger charge is -2.43. The van der Waals surface area contributed by atoms with Crippen molar-refractivity contribution in [2.75, 3.05) is 6.54 Å². The van der Waals surface area contributed by atoms with Gasteiger partial charge in [0.25, 0.3) is 5.69 Å². The first-order valence-corrected chi connectivity index (χ1v) is 14.6. The number of rotatable bonds is 8. The molecule has 1 saturated heterocycles. The summed E-state index contributed by atoms with van der Waals surface area (Å²) in [7, 11) is 0. The van der Waals surface area contributed by atoms with Crippen LogP contribution in [-0.2, 0) is 14.4 Å². The summed E-state index contributed by atoms with van der Waals surface area (Å²) in [6.07, 6.45) is 2.73. The number of amides is 2. The number of carboxylic acid groups (broad SMARTS) is 1. The summed E-state index contributed by atoms with van der Waals surface area (Å²) in [6.45, 7) is 0.346. The van der Waals surface area contributed by atoms with Gasteiger partial charge in [-0.3, -0.25) is 29.4 Å². The quantitative estimate of drug-likeness (QED) is 0.154. The molecule has 12 heteroatoms. The number of nitro benzene ring substituents is 1. The molecule has 2 aliphatic carbocycles. The van der Waals surface area contributed by atoms with E-state index in [1.807, 2.05) is 12.1 Å². The summed E-state index contributed by atoms with van der Waals surface area (Å²) >= 11 is 8.73. The van der Waals surface area contributed by atoms with E-state index in [0.29, 0.717) is 29.8 Å². The first-order valence-electron chi connectivity index (χ1n) is 12.5. The molecule has 3 fully saturated rings. The molecule has 6 rings (SSSR count). The molecule has 1 aromatic carbocycles. The van der Waals surface area contributed by atoms with Crippen molar-refractivity contribution >= 4 is 58.8 Å². The van der Waals surface area contributed by atoms with Gasteiger partial charge < -0.3 is 10.1 Å². The Morgan fingerprint density at radius 3 is 2.51 bits per heavy atom. The smallest absolute Gasteiger partial charge is 0.303 e. The van der Waals surface area contributed by atoms with E-state index in [-0.39, 0.29) is 64.7 Å². The molecule has 1 aromatic heterocycles. The van der Waals surface area contributed by atoms with Gasteiger partial charge in [0.2, 0.25) is 11.8 Å². The molecule has 2 aliphatic heterocycles. The van der Waals surface area contributed by atoms with E-state index in [4.69, 9.17) is 17.3 Å². The highest BCUT2D eigenvalue weighted by Gasteiger charge is 2.69. The number of non-ortho nitro benzene ring substituents is 1. The number of carbonyl (C=O) groups is 3. The van der Waals surface area contributed by atoms with Gasteiger partial charge in [-0.15, -0.1) is 23.1 Å². The van der Waals surface area contributed by atoms with Crippen LogP contribution in [0.15, 0.2) is 29.3 Å². The SMILES string of the molecule is O=C(O)CCCCCN1C(=O)[C@@H]2[C@H]3C[C@@H]([C@@H]2C1=O)[C@@H]1[C@@H](c2ccc([N+](=O)[O-])cc2)c2sc(=S)[nH]c2S[C@H]31. The Morgan fingerprint density at radius 2 is 1.84 bits per heavy atom. The van der Waals surface area contributed by atoms with Crippen LogP contribution in [-0.4, -0.2) is 49.5 Å². The topological polar surface area (TPSA) is 134 Å². The van der Waals surface area contributed by atoms with E-state index in [9.17, 15) is 24.5 Å². The van der Waals surface area contributed by atoms with Crippen molar-refractivity contribution in [3.05, 3.63) is 48.8 Å². The Kier molecular flexibility index (Phi) is 6.23. The maximum Gasteiger partial charge on any atom is 0.303 e. The maximum absolute atomic E-state index is 13.6. The third-order valence-corrected chi connectivity index (χ3v) is 11.5. The summed E-state index contributed by atoms with van der Waals surface area (Å²) in [6, 6.07) is 6.70. The van der Waals surface area contributed by atoms with Gasteiger partial charge >= 0.3 is 5.97 Å². The predicted molar refractivity (Wildman–Crippen MR) is 139 cm³/mol. The number of H-pyrrole nitrogens is 1. The molecule has 2 bridgehead atoms. The number of fused-ring (bicyclic) bond motifs is 9. The Morgan fingerprint density at radius 1 is 1.14 bits per heavy atom. The van der Waals surface area contributed by atoms with Gasteiger partial charge in [0, 0.05) is 41.1 Å². The second-order valence-corrected chi connectivity index (χ2v) is 13.2. The number of hydrogen-bond acceptors (Lipinski definition) is 8. The van der Waals surface area contributed by atoms with Gasteiger partial charge in [0.15, 0.2) is 3.95 Å². The number of thioether (sulfide) groups is 1. The van der Waals surface area contributed by atoms with Gasteiger partial charge in [-0.05, 0) is 54.8 Å². The average molecular weight is 560 g/mol. The molecular formula is C25H25N3O6S3. The number of carboxylic acids is 1. The van der Waals surface area contributed by atoms with Gasteiger partial charge in [0.05, 0.1) is 21.8 Å². The fourth-order valence-electron chi connectivity index (χ4n) is 7.20. The number of imide groups is 1. The zero-order chi connectivity index (χ0) is 26.0. The minimum atomic E-state index is -0.837. The number of nitro groups is 1. The summed E-state index contributed by atoms with van der Waals surface area (Å²) in [5.74, 6) is -1.37. The Hall–Kier alpha value is -2.57. The highest BCUT2D eigenvalue weighted by molar-refractivity contribution is 8.00. The number of aromatic amines is 1. The fourth-order valence-corrected chi connectivity index (χ4v) is 10.5. The van der Waals surface area contributed by atoms with Crippen LogP contribution in [0.5, 0.6) is 0 Å². The molecule has 0 radical (unpaired) electrons. The lowest BCUT2D eigenvalue weighted by molar-refractivity contribution is -0.384. The van der Waals surface area contributed by atoms with Crippen molar-refractivity contribution in [1.29, 1.82) is 0 Å². The number of unbranched alkanes of at least 4 members (excludes halogenated alkanes) is 2. The van der Waals surface area contributed by atoms with Gasteiger partial charge in [-0.25, -0.2) is 0 Å². The maximum atomic E-state index is 13.6. The van der Waals surface area contributed by atoms with Crippen LogP contribution in [0, 0.1) is 43.7 Å². The largest absolute Gasteiger partial charge is 0.481 e. The van der Waals surface area contributed by atoms with Crippen molar-refractivity contribution in [2.24, 2.45) is 29.6 Å². The van der Waals surface area contributed by atoms with Crippen molar-refractivity contribution in [3.63, 3.8) is 0 Å². The minimum Gasteiger partial charge on any atom is -0.481 e. The second-order valence-electron chi connectivity index (χ2n) is 10.3. The van der Waals surface area contributed by atoms with Crippen LogP contribution in [0.1, 0.15) is 48.5 Å². The molecule has 2 aromatic rings. The normalized spacial score (nSPS) is 31.4. The fraction of sp³-hybridized carbons (Fsp3) is 0.520. The number of nitrogens with zero attached hydrogens (tertiary/aromatic N) is 2. The van der Waals surface area contributed by atoms with Crippen molar-refractivity contribution in [3.8, 4) is 0 Å². The van der Waals surface area contributed by atoms with Crippen molar-refractivity contribution in [1.82, 2.24) is 9.88 Å². The lowest BCUT2D eigenvalue weighted by atomic mass is 9.68. The molecule has 2 saturated carbocycles. The third-order valence-electron chi connectivity index (χ3n) is 8.55. The molecular weight excluding hydrogens is 534 g/mol. The Bertz CT molecular complexity index is 1350. The van der Waals surface area contributed by atoms with E-state index in [1.165, 1.54) is 28.4 Å². The average Bonchev–Trinajstić information content (AvgIpc) is 3.58. The number of aliphatic carboxylic acids is 1. The van der Waals surface area contributed by atoms with Gasteiger partial charge in [-0.2, -0.15) is 0 Å². The Labute approximate surface area is 225 Å². The molecule has 0 unspecified atom stereocenters. The van der Waals surface area contributed by atoms with Crippen molar-refractivity contribution in [2.45, 2.75) is 48.3 Å². The van der Waals surface area contributed by atoms with E-state index in [2.05, 4.69) is 4.98 Å². The van der Waals surface area contributed by atoms with Crippen LogP contribution in [0.25, 0.3) is 0 Å². The van der Waals surface area contributed by atoms with Crippen LogP contribution < -0.4 is 0 Å². The number of likely N-dealkylation sites (tertiary alicyclic amines) is 1. The number of nitrogens with one attached hydrogen (secondary N) is 1. The zero-order valence-electron chi connectivity index (χ0n) is 19.7. The van der Waals surface area contributed by atoms with E-state index in [1.54, 1.807) is 11.8 Å². The summed E-state index contributed by atoms with van der Waals surface area (Å²) < 4.78 is 0.679. The number of aromatic nitrogens is 1. The summed E-state index contributed by atoms with van der Waals surface area (Å²) in [5.41, 5.74) is 1.01. The van der Waals surface area contributed by atoms with Crippen LogP contribution in [0.3, 0.4) is 0 Å². The molecule has 4 aliphatic rings. The first-order chi connectivity index (χ1) is 17.8. The van der Waals surface area contributed by atoms with E-state index in [0.717, 1.165) is 21.9 Å². The van der Waals surface area contributed by atoms with Gasteiger partial charge in [0.1, 0.15) is 0 Å². The van der Waals surface area contributed by atoms with Gasteiger partial charge in [-0.1, -0.05) is 18.6 Å². The highest BCUT2D eigenvalue weighted by atomic mass is 32.2. The van der Waals surface area contributed by atoms with Crippen LogP contribution in [0.2, 0.25) is 0 Å². The summed E-state index contributed by atoms with van der Waals surface area (Å²) in [5, 5.41) is 21.2. The molecule has 194 valence electrons. The molecule has 0 spiro atoms. The number of thiazole rings is 1. The van der Waals surface area contributed by atoms with Crippen molar-refractivity contribution < 1.29 is 24.4 Å². The number of hydrogen-bond donors (Lipinski definition) is 2. The monoisotopic (exact) mass is 559 g/mol. The molecule has 2 amide bonds. The third kappa shape index (κ3) is 3.95.